The van der Waals surface area contributed by atoms with Crippen LogP contribution in [-0.4, -0.2) is 53.4 Å². The number of hydrogen-bond donors (Lipinski definition) is 4. The van der Waals surface area contributed by atoms with Gasteiger partial charge < -0.3 is 20.1 Å². The summed E-state index contributed by atoms with van der Waals surface area (Å²) in [6, 6.07) is 10.6. The number of benzene rings is 2. The summed E-state index contributed by atoms with van der Waals surface area (Å²) >= 11 is 6.69. The molecule has 0 bridgehead atoms. The molecule has 1 atom stereocenters. The first-order chi connectivity index (χ1) is 17.9. The molecule has 4 N–H and O–H groups in total. The molecular weight excluding hydrogens is 559 g/mol. The van der Waals surface area contributed by atoms with Crippen LogP contribution in [0.3, 0.4) is 0 Å². The zero-order chi connectivity index (χ0) is 25.9. The Bertz CT molecular complexity index is 1270. The van der Waals surface area contributed by atoms with Crippen molar-refractivity contribution in [3.05, 3.63) is 52.0 Å². The normalized spacial score (nSPS) is 16.0. The van der Waals surface area contributed by atoms with Gasteiger partial charge in [0.25, 0.3) is 5.91 Å². The highest BCUT2D eigenvalue weighted by Gasteiger charge is 2.29. The van der Waals surface area contributed by atoms with E-state index in [1.54, 1.807) is 0 Å². The molecule has 0 spiro atoms. The van der Waals surface area contributed by atoms with Gasteiger partial charge in [-0.2, -0.15) is 0 Å². The second kappa shape index (κ2) is 14.1. The van der Waals surface area contributed by atoms with E-state index in [1.165, 1.54) is 37.9 Å². The van der Waals surface area contributed by atoms with E-state index in [2.05, 4.69) is 44.8 Å². The predicted molar refractivity (Wildman–Crippen MR) is 162 cm³/mol. The number of aromatic nitrogens is 1. The Labute approximate surface area is 247 Å². The molecule has 214 valence electrons. The molecule has 0 saturated carbocycles. The van der Waals surface area contributed by atoms with Gasteiger partial charge in [0.05, 0.1) is 17.2 Å². The van der Waals surface area contributed by atoms with Crippen molar-refractivity contribution in [1.29, 1.82) is 0 Å². The van der Waals surface area contributed by atoms with Gasteiger partial charge in [-0.25, -0.2) is 0 Å². The fraction of sp³-hybridized carbons (Fsp3) is 0.483. The third-order valence-corrected chi connectivity index (χ3v) is 7.79. The van der Waals surface area contributed by atoms with Crippen molar-refractivity contribution < 1.29 is 14.6 Å². The number of hydrogen-bond acceptors (Lipinski definition) is 5. The number of piperidine rings is 1. The second-order valence-electron chi connectivity index (χ2n) is 10.6. The molecule has 1 amide bonds. The molecule has 1 saturated heterocycles. The van der Waals surface area contributed by atoms with Crippen LogP contribution in [0, 0.1) is 5.92 Å². The lowest BCUT2D eigenvalue weighted by Gasteiger charge is -2.26. The maximum absolute atomic E-state index is 12.8. The fourth-order valence-corrected chi connectivity index (χ4v) is 5.50. The third kappa shape index (κ3) is 7.20. The van der Waals surface area contributed by atoms with Gasteiger partial charge in [-0.15, -0.1) is 24.8 Å². The van der Waals surface area contributed by atoms with E-state index < -0.39 is 6.23 Å². The fourth-order valence-electron chi connectivity index (χ4n) is 5.23. The van der Waals surface area contributed by atoms with Crippen LogP contribution in [0.5, 0.6) is 5.75 Å². The Morgan fingerprint density at radius 1 is 1.13 bits per heavy atom. The van der Waals surface area contributed by atoms with Crippen LogP contribution in [0.2, 0.25) is 5.02 Å². The van der Waals surface area contributed by atoms with Crippen molar-refractivity contribution in [3.63, 3.8) is 0 Å². The minimum absolute atomic E-state index is 0. The molecule has 7 nitrogen and oxygen atoms in total. The summed E-state index contributed by atoms with van der Waals surface area (Å²) in [6.07, 6.45) is 4.08. The van der Waals surface area contributed by atoms with Crippen LogP contribution in [0.15, 0.2) is 30.3 Å². The Morgan fingerprint density at radius 2 is 1.90 bits per heavy atom. The number of aliphatic hydroxyl groups excluding tert-OH is 1. The lowest BCUT2D eigenvalue weighted by molar-refractivity contribution is 0.0892. The number of nitrogens with zero attached hydrogens (tertiary/aromatic N) is 1. The lowest BCUT2D eigenvalue weighted by Crippen LogP contribution is -2.34. The standard InChI is InChI=1S/C29H37ClN4O3.2ClH/c1-18(2)28(35)31-9-6-12-37-25-15-21(26-22(27(25)30)16-32-29(26)36)24-14-20-13-19(7-8-23(20)33-24)17-34-10-4-3-5-11-34;;/h7-8,13-15,18,28,31,33,35H,3-6,9-12,16-17H2,1-2H3,(H,32,36);2*1H. The molecule has 0 aliphatic carbocycles. The second-order valence-corrected chi connectivity index (χ2v) is 10.9. The molecule has 5 rings (SSSR count). The number of likely N-dealkylation sites (tertiary alicyclic amines) is 1. The largest absolute Gasteiger partial charge is 0.492 e. The van der Waals surface area contributed by atoms with E-state index in [0.29, 0.717) is 36.0 Å². The Hall–Kier alpha value is -2.00. The van der Waals surface area contributed by atoms with Crippen molar-refractivity contribution in [2.75, 3.05) is 26.2 Å². The zero-order valence-electron chi connectivity index (χ0n) is 22.5. The van der Waals surface area contributed by atoms with Crippen molar-refractivity contribution >= 4 is 53.2 Å². The van der Waals surface area contributed by atoms with Crippen molar-refractivity contribution in [1.82, 2.24) is 20.5 Å². The summed E-state index contributed by atoms with van der Waals surface area (Å²) in [6.45, 7) is 8.71. The van der Waals surface area contributed by atoms with Crippen molar-refractivity contribution in [3.8, 4) is 17.0 Å². The number of aliphatic hydroxyl groups is 1. The minimum Gasteiger partial charge on any atom is -0.492 e. The zero-order valence-corrected chi connectivity index (χ0v) is 24.9. The van der Waals surface area contributed by atoms with Gasteiger partial charge >= 0.3 is 0 Å². The van der Waals surface area contributed by atoms with Gasteiger partial charge in [-0.05, 0) is 68.1 Å². The number of H-pyrrole nitrogens is 1. The summed E-state index contributed by atoms with van der Waals surface area (Å²) in [5, 5.41) is 17.5. The van der Waals surface area contributed by atoms with E-state index in [0.717, 1.165) is 40.7 Å². The van der Waals surface area contributed by atoms with E-state index in [-0.39, 0.29) is 36.6 Å². The number of carbonyl (C=O) groups excluding carboxylic acids is 1. The summed E-state index contributed by atoms with van der Waals surface area (Å²) in [5.41, 5.74) is 5.40. The van der Waals surface area contributed by atoms with Crippen LogP contribution in [0.1, 0.15) is 61.0 Å². The van der Waals surface area contributed by atoms with Gasteiger partial charge in [-0.1, -0.05) is 37.9 Å². The predicted octanol–water partition coefficient (Wildman–Crippen LogP) is 5.89. The average Bonchev–Trinajstić information content (AvgIpc) is 3.49. The van der Waals surface area contributed by atoms with Crippen molar-refractivity contribution in [2.45, 2.75) is 58.8 Å². The first-order valence-corrected chi connectivity index (χ1v) is 13.8. The molecule has 0 radical (unpaired) electrons. The number of ether oxygens (including phenoxy) is 1. The smallest absolute Gasteiger partial charge is 0.252 e. The van der Waals surface area contributed by atoms with E-state index >= 15 is 0 Å². The van der Waals surface area contributed by atoms with Gasteiger partial charge in [0.2, 0.25) is 0 Å². The van der Waals surface area contributed by atoms with Gasteiger partial charge in [0.15, 0.2) is 0 Å². The quantitative estimate of drug-likeness (QED) is 0.173. The monoisotopic (exact) mass is 596 g/mol. The molecule has 39 heavy (non-hydrogen) atoms. The Balaban J connectivity index is 0.00000210. The van der Waals surface area contributed by atoms with Crippen LogP contribution in [0.25, 0.3) is 22.2 Å². The molecule has 1 unspecified atom stereocenters. The molecule has 10 heteroatoms. The number of halogens is 3. The number of amides is 1. The molecule has 3 heterocycles. The van der Waals surface area contributed by atoms with Crippen molar-refractivity contribution in [2.24, 2.45) is 5.92 Å². The van der Waals surface area contributed by atoms with Gasteiger partial charge in [0.1, 0.15) is 12.0 Å². The van der Waals surface area contributed by atoms with Gasteiger partial charge in [0, 0.05) is 47.4 Å². The number of rotatable bonds is 10. The lowest BCUT2D eigenvalue weighted by atomic mass is 9.99. The maximum atomic E-state index is 12.8. The van der Waals surface area contributed by atoms with E-state index in [1.807, 2.05) is 19.9 Å². The highest BCUT2D eigenvalue weighted by Crippen LogP contribution is 2.41. The summed E-state index contributed by atoms with van der Waals surface area (Å²) in [7, 11) is 0. The number of fused-ring (bicyclic) bond motifs is 2. The highest BCUT2D eigenvalue weighted by atomic mass is 35.5. The Kier molecular flexibility index (Phi) is 11.4. The first kappa shape index (κ1) is 31.5. The van der Waals surface area contributed by atoms with Crippen LogP contribution in [-0.2, 0) is 13.1 Å². The molecule has 2 aromatic carbocycles. The number of aromatic amines is 1. The third-order valence-electron chi connectivity index (χ3n) is 7.37. The van der Waals surface area contributed by atoms with Crippen LogP contribution in [0.4, 0.5) is 0 Å². The molecule has 3 aromatic rings. The summed E-state index contributed by atoms with van der Waals surface area (Å²) < 4.78 is 6.07. The number of nitrogens with one attached hydrogen (secondary N) is 3. The molecule has 2 aliphatic rings. The van der Waals surface area contributed by atoms with Crippen LogP contribution >= 0.6 is 36.4 Å². The summed E-state index contributed by atoms with van der Waals surface area (Å²) in [4.78, 5) is 18.8. The topological polar surface area (TPSA) is 89.6 Å². The first-order valence-electron chi connectivity index (χ1n) is 13.4. The maximum Gasteiger partial charge on any atom is 0.252 e. The van der Waals surface area contributed by atoms with Crippen LogP contribution < -0.4 is 15.4 Å². The summed E-state index contributed by atoms with van der Waals surface area (Å²) in [5.74, 6) is 0.604. The Morgan fingerprint density at radius 3 is 2.64 bits per heavy atom. The van der Waals surface area contributed by atoms with E-state index in [9.17, 15) is 9.90 Å². The molecular formula is C29H39Cl3N4O3. The molecule has 1 fully saturated rings. The minimum atomic E-state index is -0.533. The number of carbonyl (C=O) groups is 1. The average molecular weight is 598 g/mol. The highest BCUT2D eigenvalue weighted by molar-refractivity contribution is 6.34. The molecule has 1 aromatic heterocycles. The van der Waals surface area contributed by atoms with E-state index in [4.69, 9.17) is 16.3 Å². The SMILES string of the molecule is CC(C)C(O)NCCCOc1cc(-c2cc3cc(CN4CCCCC4)ccc3[nH]2)c2c(c1Cl)CNC2=O.Cl.Cl. The van der Waals surface area contributed by atoms with Gasteiger partial charge in [-0.3, -0.25) is 15.0 Å². The molecule has 2 aliphatic heterocycles.